The van der Waals surface area contributed by atoms with Crippen LogP contribution in [0.2, 0.25) is 0 Å². The zero-order chi connectivity index (χ0) is 13.3. The molecule has 0 aliphatic carbocycles. The van der Waals surface area contributed by atoms with Crippen molar-refractivity contribution in [1.29, 1.82) is 0 Å². The Morgan fingerprint density at radius 1 is 1.28 bits per heavy atom. The van der Waals surface area contributed by atoms with E-state index in [4.69, 9.17) is 5.73 Å². The van der Waals surface area contributed by atoms with Gasteiger partial charge in [-0.3, -0.25) is 4.57 Å². The quantitative estimate of drug-likeness (QED) is 0.892. The van der Waals surface area contributed by atoms with Crippen molar-refractivity contribution < 1.29 is 0 Å². The Kier molecular flexibility index (Phi) is 3.39. The van der Waals surface area contributed by atoms with Gasteiger partial charge < -0.3 is 10.3 Å². The molecular weight excluding hydrogens is 226 g/mol. The Bertz CT molecular complexity index is 592. The highest BCUT2D eigenvalue weighted by Gasteiger charge is 2.08. The molecule has 4 heteroatoms. The number of benzene rings is 1. The van der Waals surface area contributed by atoms with Gasteiger partial charge in [-0.1, -0.05) is 19.1 Å². The molecule has 0 aliphatic heterocycles. The van der Waals surface area contributed by atoms with Crippen LogP contribution in [-0.4, -0.2) is 15.7 Å². The number of aryl methyl sites for hydroxylation is 2. The van der Waals surface area contributed by atoms with E-state index in [0.717, 1.165) is 11.4 Å². The van der Waals surface area contributed by atoms with Crippen LogP contribution in [0.3, 0.4) is 0 Å². The number of nitrogens with two attached hydrogens (primary N) is 1. The van der Waals surface area contributed by atoms with E-state index in [9.17, 15) is 4.79 Å². The zero-order valence-corrected chi connectivity index (χ0v) is 11.1. The number of nitrogens with zero attached hydrogens (tertiary/aromatic N) is 2. The molecule has 1 aromatic carbocycles. The van der Waals surface area contributed by atoms with Crippen LogP contribution >= 0.6 is 0 Å². The predicted molar refractivity (Wildman–Crippen MR) is 73.2 cm³/mol. The number of imidazole rings is 1. The molecule has 4 nitrogen and oxygen atoms in total. The normalized spacial score (nSPS) is 12.7. The minimum atomic E-state index is -0.0212. The lowest BCUT2D eigenvalue weighted by Gasteiger charge is -2.10. The highest BCUT2D eigenvalue weighted by molar-refractivity contribution is 5.37. The molecule has 0 fully saturated rings. The van der Waals surface area contributed by atoms with Gasteiger partial charge in [0.1, 0.15) is 0 Å². The third-order valence-electron chi connectivity index (χ3n) is 3.30. The minimum absolute atomic E-state index is 0.0212. The van der Waals surface area contributed by atoms with Crippen molar-refractivity contribution >= 4 is 0 Å². The summed E-state index contributed by atoms with van der Waals surface area (Å²) >= 11 is 0. The molecular formula is C14H19N3O. The van der Waals surface area contributed by atoms with Crippen molar-refractivity contribution in [2.75, 3.05) is 6.54 Å². The van der Waals surface area contributed by atoms with Crippen molar-refractivity contribution in [2.24, 2.45) is 12.8 Å². The van der Waals surface area contributed by atoms with Crippen molar-refractivity contribution in [3.05, 3.63) is 52.2 Å². The van der Waals surface area contributed by atoms with E-state index in [0.29, 0.717) is 12.5 Å². The molecule has 0 saturated heterocycles. The van der Waals surface area contributed by atoms with Crippen LogP contribution in [0.25, 0.3) is 5.69 Å². The fourth-order valence-corrected chi connectivity index (χ4v) is 2.10. The van der Waals surface area contributed by atoms with Crippen LogP contribution < -0.4 is 11.4 Å². The van der Waals surface area contributed by atoms with Gasteiger partial charge in [-0.15, -0.1) is 0 Å². The number of hydrogen-bond donors (Lipinski definition) is 1. The lowest BCUT2D eigenvalue weighted by atomic mass is 10.0. The van der Waals surface area contributed by atoms with E-state index in [2.05, 4.69) is 6.92 Å². The first kappa shape index (κ1) is 12.6. The molecule has 2 aromatic rings. The molecule has 0 radical (unpaired) electrons. The molecule has 1 aromatic heterocycles. The maximum Gasteiger partial charge on any atom is 0.332 e. The number of rotatable bonds is 3. The first-order valence-electron chi connectivity index (χ1n) is 6.10. The van der Waals surface area contributed by atoms with Gasteiger partial charge in [0.05, 0.1) is 5.69 Å². The standard InChI is InChI=1S/C14H19N3O/c1-10(8-15)12-4-6-13(7-5-12)17-11(2)9-16(3)14(17)18/h4-7,9-10H,8,15H2,1-3H3. The summed E-state index contributed by atoms with van der Waals surface area (Å²) in [5.41, 5.74) is 8.65. The summed E-state index contributed by atoms with van der Waals surface area (Å²) in [6.07, 6.45) is 1.83. The average molecular weight is 245 g/mol. The van der Waals surface area contributed by atoms with Gasteiger partial charge in [-0.25, -0.2) is 4.79 Å². The van der Waals surface area contributed by atoms with Crippen molar-refractivity contribution in [1.82, 2.24) is 9.13 Å². The Morgan fingerprint density at radius 3 is 2.33 bits per heavy atom. The Hall–Kier alpha value is -1.81. The summed E-state index contributed by atoms with van der Waals surface area (Å²) < 4.78 is 3.29. The van der Waals surface area contributed by atoms with Crippen molar-refractivity contribution in [3.63, 3.8) is 0 Å². The lowest BCUT2D eigenvalue weighted by molar-refractivity contribution is 0.772. The molecule has 18 heavy (non-hydrogen) atoms. The molecule has 0 spiro atoms. The third kappa shape index (κ3) is 2.11. The maximum atomic E-state index is 12.0. The summed E-state index contributed by atoms with van der Waals surface area (Å²) in [5.74, 6) is 0.340. The SMILES string of the molecule is Cc1cn(C)c(=O)n1-c1ccc(C(C)CN)cc1. The van der Waals surface area contributed by atoms with E-state index in [1.54, 1.807) is 16.2 Å². The molecule has 1 unspecified atom stereocenters. The van der Waals surface area contributed by atoms with Gasteiger partial charge in [0, 0.05) is 18.9 Å². The largest absolute Gasteiger partial charge is 0.332 e. The second-order valence-corrected chi connectivity index (χ2v) is 4.73. The topological polar surface area (TPSA) is 53.0 Å². The highest BCUT2D eigenvalue weighted by atomic mass is 16.1. The van der Waals surface area contributed by atoms with Crippen LogP contribution in [0, 0.1) is 6.92 Å². The third-order valence-corrected chi connectivity index (χ3v) is 3.30. The van der Waals surface area contributed by atoms with Gasteiger partial charge in [-0.2, -0.15) is 0 Å². The molecule has 0 bridgehead atoms. The molecule has 0 saturated carbocycles. The van der Waals surface area contributed by atoms with Gasteiger partial charge in [0.15, 0.2) is 0 Å². The number of hydrogen-bond acceptors (Lipinski definition) is 2. The smallest absolute Gasteiger partial charge is 0.330 e. The molecule has 0 amide bonds. The van der Waals surface area contributed by atoms with Crippen LogP contribution in [-0.2, 0) is 7.05 Å². The zero-order valence-electron chi connectivity index (χ0n) is 11.1. The van der Waals surface area contributed by atoms with Crippen LogP contribution in [0.15, 0.2) is 35.3 Å². The fourth-order valence-electron chi connectivity index (χ4n) is 2.10. The van der Waals surface area contributed by atoms with E-state index >= 15 is 0 Å². The molecule has 1 atom stereocenters. The molecule has 1 heterocycles. The van der Waals surface area contributed by atoms with E-state index < -0.39 is 0 Å². The van der Waals surface area contributed by atoms with Gasteiger partial charge in [0.2, 0.25) is 0 Å². The summed E-state index contributed by atoms with van der Waals surface area (Å²) in [6, 6.07) is 8.00. The van der Waals surface area contributed by atoms with Crippen molar-refractivity contribution in [2.45, 2.75) is 19.8 Å². The second kappa shape index (κ2) is 4.82. The Labute approximate surface area is 107 Å². The average Bonchev–Trinajstić information content (AvgIpc) is 2.63. The first-order chi connectivity index (χ1) is 8.54. The van der Waals surface area contributed by atoms with Gasteiger partial charge >= 0.3 is 5.69 Å². The van der Waals surface area contributed by atoms with Crippen LogP contribution in [0.5, 0.6) is 0 Å². The minimum Gasteiger partial charge on any atom is -0.330 e. The molecule has 96 valence electrons. The van der Waals surface area contributed by atoms with Gasteiger partial charge in [-0.05, 0) is 37.1 Å². The lowest BCUT2D eigenvalue weighted by Crippen LogP contribution is -2.21. The second-order valence-electron chi connectivity index (χ2n) is 4.73. The molecule has 0 aliphatic rings. The summed E-state index contributed by atoms with van der Waals surface area (Å²) in [4.78, 5) is 12.0. The van der Waals surface area contributed by atoms with E-state index in [1.807, 2.05) is 37.4 Å². The molecule has 2 N–H and O–H groups in total. The number of aromatic nitrogens is 2. The van der Waals surface area contributed by atoms with Crippen LogP contribution in [0.4, 0.5) is 0 Å². The summed E-state index contributed by atoms with van der Waals surface area (Å²) in [5, 5.41) is 0. The van der Waals surface area contributed by atoms with Crippen LogP contribution in [0.1, 0.15) is 24.1 Å². The van der Waals surface area contributed by atoms with E-state index in [-0.39, 0.29) is 5.69 Å². The maximum absolute atomic E-state index is 12.0. The summed E-state index contributed by atoms with van der Waals surface area (Å²) in [7, 11) is 1.76. The fraction of sp³-hybridized carbons (Fsp3) is 0.357. The Balaban J connectivity index is 2.44. The Morgan fingerprint density at radius 2 is 1.89 bits per heavy atom. The molecule has 2 rings (SSSR count). The monoisotopic (exact) mass is 245 g/mol. The summed E-state index contributed by atoms with van der Waals surface area (Å²) in [6.45, 7) is 4.65. The highest BCUT2D eigenvalue weighted by Crippen LogP contribution is 2.16. The predicted octanol–water partition coefficient (Wildman–Crippen LogP) is 1.55. The first-order valence-corrected chi connectivity index (χ1v) is 6.10. The van der Waals surface area contributed by atoms with E-state index in [1.165, 1.54) is 5.56 Å². The van der Waals surface area contributed by atoms with Gasteiger partial charge in [0.25, 0.3) is 0 Å². The van der Waals surface area contributed by atoms with Crippen molar-refractivity contribution in [3.8, 4) is 5.69 Å².